The number of carbonyl (C=O) groups excluding carboxylic acids is 3. The van der Waals surface area contributed by atoms with Gasteiger partial charge in [-0.3, -0.25) is 14.4 Å². The Balaban J connectivity index is 4.50. The van der Waals surface area contributed by atoms with Gasteiger partial charge in [-0.15, -0.1) is 0 Å². The first-order chi connectivity index (χ1) is 30.0. The van der Waals surface area contributed by atoms with E-state index in [0.29, 0.717) is 19.3 Å². The van der Waals surface area contributed by atoms with E-state index in [9.17, 15) is 14.4 Å². The van der Waals surface area contributed by atoms with Crippen LogP contribution in [-0.4, -0.2) is 37.2 Å². The third-order valence-corrected chi connectivity index (χ3v) is 10.4. The number of allylic oxidation sites excluding steroid dienone is 14. The number of hydrogen-bond acceptors (Lipinski definition) is 6. The van der Waals surface area contributed by atoms with Crippen molar-refractivity contribution in [2.45, 2.75) is 232 Å². The average Bonchev–Trinajstić information content (AvgIpc) is 3.26. The lowest BCUT2D eigenvalue weighted by Gasteiger charge is -2.18. The molecule has 1 unspecified atom stereocenters. The van der Waals surface area contributed by atoms with Gasteiger partial charge in [-0.05, 0) is 109 Å². The minimum Gasteiger partial charge on any atom is -0.462 e. The lowest BCUT2D eigenvalue weighted by atomic mass is 10.1. The molecule has 6 nitrogen and oxygen atoms in total. The van der Waals surface area contributed by atoms with Gasteiger partial charge in [-0.2, -0.15) is 0 Å². The first-order valence-electron chi connectivity index (χ1n) is 25.1. The van der Waals surface area contributed by atoms with Crippen LogP contribution in [0.2, 0.25) is 0 Å². The first kappa shape index (κ1) is 57.6. The van der Waals surface area contributed by atoms with E-state index in [1.54, 1.807) is 0 Å². The van der Waals surface area contributed by atoms with Crippen LogP contribution in [0.3, 0.4) is 0 Å². The van der Waals surface area contributed by atoms with E-state index in [1.807, 2.05) is 0 Å². The quantitative estimate of drug-likeness (QED) is 0.0263. The molecule has 0 aliphatic heterocycles. The minimum absolute atomic E-state index is 0.101. The molecule has 0 saturated carbocycles. The van der Waals surface area contributed by atoms with Gasteiger partial charge in [0.15, 0.2) is 6.10 Å². The summed E-state index contributed by atoms with van der Waals surface area (Å²) in [6, 6.07) is 0. The van der Waals surface area contributed by atoms with Gasteiger partial charge in [-0.1, -0.05) is 183 Å². The van der Waals surface area contributed by atoms with Crippen LogP contribution in [0.15, 0.2) is 85.1 Å². The zero-order valence-electron chi connectivity index (χ0n) is 39.7. The van der Waals surface area contributed by atoms with Crippen molar-refractivity contribution >= 4 is 17.9 Å². The van der Waals surface area contributed by atoms with Gasteiger partial charge < -0.3 is 14.2 Å². The summed E-state index contributed by atoms with van der Waals surface area (Å²) in [4.78, 5) is 37.9. The summed E-state index contributed by atoms with van der Waals surface area (Å²) in [5.74, 6) is -0.969. The molecule has 0 fully saturated rings. The summed E-state index contributed by atoms with van der Waals surface area (Å²) in [6.45, 7) is 6.41. The highest BCUT2D eigenvalue weighted by Gasteiger charge is 2.19. The smallest absolute Gasteiger partial charge is 0.306 e. The molecular weight excluding hydrogens is 757 g/mol. The summed E-state index contributed by atoms with van der Waals surface area (Å²) in [6.07, 6.45) is 62.8. The van der Waals surface area contributed by atoms with Crippen molar-refractivity contribution in [1.29, 1.82) is 0 Å². The summed E-state index contributed by atoms with van der Waals surface area (Å²) in [5.41, 5.74) is 0. The summed E-state index contributed by atoms with van der Waals surface area (Å²) in [7, 11) is 0. The number of hydrogen-bond donors (Lipinski definition) is 0. The van der Waals surface area contributed by atoms with Gasteiger partial charge in [0.1, 0.15) is 13.2 Å². The van der Waals surface area contributed by atoms with Crippen molar-refractivity contribution in [3.05, 3.63) is 85.1 Å². The maximum Gasteiger partial charge on any atom is 0.306 e. The summed E-state index contributed by atoms with van der Waals surface area (Å²) in [5, 5.41) is 0. The second-order valence-electron chi connectivity index (χ2n) is 16.3. The van der Waals surface area contributed by atoms with E-state index in [-0.39, 0.29) is 31.1 Å². The SMILES string of the molecule is CC/C=C\C/C=C\C/C=C\C/C=C\CCCCC(=O)OCC(COC(=O)CCCCCCC/C=C\CCCCCCC)OC(=O)CCCCCCC/C=C\C/C=C\CCCC. The fourth-order valence-corrected chi connectivity index (χ4v) is 6.56. The Morgan fingerprint density at radius 3 is 1.10 bits per heavy atom. The van der Waals surface area contributed by atoms with Gasteiger partial charge in [0.25, 0.3) is 0 Å². The van der Waals surface area contributed by atoms with Crippen molar-refractivity contribution in [2.75, 3.05) is 13.2 Å². The molecule has 0 aromatic carbocycles. The van der Waals surface area contributed by atoms with Gasteiger partial charge in [-0.25, -0.2) is 0 Å². The van der Waals surface area contributed by atoms with E-state index >= 15 is 0 Å². The molecule has 0 heterocycles. The first-order valence-corrected chi connectivity index (χ1v) is 25.1. The van der Waals surface area contributed by atoms with E-state index in [2.05, 4.69) is 106 Å². The maximum atomic E-state index is 12.8. The van der Waals surface area contributed by atoms with Gasteiger partial charge in [0, 0.05) is 19.3 Å². The summed E-state index contributed by atoms with van der Waals surface area (Å²) < 4.78 is 16.7. The molecular formula is C55H92O6. The zero-order chi connectivity index (χ0) is 44.4. The van der Waals surface area contributed by atoms with Crippen molar-refractivity contribution in [1.82, 2.24) is 0 Å². The maximum absolute atomic E-state index is 12.8. The van der Waals surface area contributed by atoms with E-state index < -0.39 is 6.10 Å². The van der Waals surface area contributed by atoms with Crippen LogP contribution >= 0.6 is 0 Å². The largest absolute Gasteiger partial charge is 0.462 e. The molecule has 0 rings (SSSR count). The second kappa shape index (κ2) is 49.2. The van der Waals surface area contributed by atoms with Crippen LogP contribution in [0.25, 0.3) is 0 Å². The van der Waals surface area contributed by atoms with Crippen molar-refractivity contribution in [3.8, 4) is 0 Å². The van der Waals surface area contributed by atoms with Crippen molar-refractivity contribution in [3.63, 3.8) is 0 Å². The van der Waals surface area contributed by atoms with Crippen molar-refractivity contribution < 1.29 is 28.6 Å². The van der Waals surface area contributed by atoms with E-state index in [1.165, 1.54) is 70.6 Å². The fourth-order valence-electron chi connectivity index (χ4n) is 6.56. The Bertz CT molecular complexity index is 1200. The fraction of sp³-hybridized carbons (Fsp3) is 0.691. The molecule has 1 atom stereocenters. The predicted molar refractivity (Wildman–Crippen MR) is 261 cm³/mol. The van der Waals surface area contributed by atoms with Crippen LogP contribution in [-0.2, 0) is 28.6 Å². The third-order valence-electron chi connectivity index (χ3n) is 10.4. The molecule has 61 heavy (non-hydrogen) atoms. The number of rotatable bonds is 44. The second-order valence-corrected chi connectivity index (χ2v) is 16.3. The molecule has 6 heteroatoms. The van der Waals surface area contributed by atoms with Crippen LogP contribution < -0.4 is 0 Å². The topological polar surface area (TPSA) is 78.9 Å². The number of unbranched alkanes of at least 4 members (excludes halogenated alkanes) is 19. The number of esters is 3. The van der Waals surface area contributed by atoms with Gasteiger partial charge in [0.05, 0.1) is 0 Å². The normalized spacial score (nSPS) is 12.8. The third kappa shape index (κ3) is 47.5. The van der Waals surface area contributed by atoms with Crippen LogP contribution in [0, 0.1) is 0 Å². The minimum atomic E-state index is -0.803. The molecule has 0 radical (unpaired) electrons. The molecule has 348 valence electrons. The monoisotopic (exact) mass is 849 g/mol. The highest BCUT2D eigenvalue weighted by Crippen LogP contribution is 2.13. The molecule has 0 aromatic heterocycles. The molecule has 0 amide bonds. The van der Waals surface area contributed by atoms with Gasteiger partial charge >= 0.3 is 17.9 Å². The number of carbonyl (C=O) groups is 3. The Morgan fingerprint density at radius 2 is 0.656 bits per heavy atom. The Hall–Kier alpha value is -3.41. The molecule has 0 spiro atoms. The van der Waals surface area contributed by atoms with Crippen LogP contribution in [0.5, 0.6) is 0 Å². The highest BCUT2D eigenvalue weighted by molar-refractivity contribution is 5.71. The molecule has 0 saturated heterocycles. The van der Waals surface area contributed by atoms with E-state index in [0.717, 1.165) is 116 Å². The molecule has 0 N–H and O–H groups in total. The average molecular weight is 849 g/mol. The lowest BCUT2D eigenvalue weighted by Crippen LogP contribution is -2.30. The highest BCUT2D eigenvalue weighted by atomic mass is 16.6. The standard InChI is InChI=1S/C55H92O6/c1-4-7-10-13-16-19-22-25-28-31-33-36-39-42-45-48-54(57)60-51-52(61-55(58)49-46-43-40-37-34-30-27-24-21-18-15-12-9-6-3)50-59-53(56)47-44-41-38-35-32-29-26-23-20-17-14-11-8-5-2/h7,10,15-16,18-19,23-28,33,36,52H,4-6,8-9,11-14,17,20-22,29-32,34-35,37-51H2,1-3H3/b10-7-,18-15-,19-16-,26-23-,27-24-,28-25-,36-33-. The predicted octanol–water partition coefficient (Wildman–Crippen LogP) is 16.4. The van der Waals surface area contributed by atoms with Crippen LogP contribution in [0.4, 0.5) is 0 Å². The molecule has 0 aromatic rings. The lowest BCUT2D eigenvalue weighted by molar-refractivity contribution is -0.167. The van der Waals surface area contributed by atoms with E-state index in [4.69, 9.17) is 14.2 Å². The number of ether oxygens (including phenoxy) is 3. The van der Waals surface area contributed by atoms with Crippen LogP contribution in [0.1, 0.15) is 226 Å². The molecule has 0 aliphatic carbocycles. The zero-order valence-corrected chi connectivity index (χ0v) is 39.7. The molecule has 0 aliphatic rings. The van der Waals surface area contributed by atoms with Crippen molar-refractivity contribution in [2.24, 2.45) is 0 Å². The summed E-state index contributed by atoms with van der Waals surface area (Å²) >= 11 is 0. The molecule has 0 bridgehead atoms. The Labute approximate surface area is 375 Å². The Kier molecular flexibility index (Phi) is 46.5. The Morgan fingerprint density at radius 1 is 0.344 bits per heavy atom. The van der Waals surface area contributed by atoms with Gasteiger partial charge in [0.2, 0.25) is 0 Å².